The normalized spacial score (nSPS) is 17.7. The molecule has 0 bridgehead atoms. The third kappa shape index (κ3) is 4.27. The van der Waals surface area contributed by atoms with Crippen molar-refractivity contribution in [2.75, 3.05) is 49.1 Å². The Kier molecular flexibility index (Phi) is 5.32. The predicted molar refractivity (Wildman–Crippen MR) is 108 cm³/mol. The Hall–Kier alpha value is -2.89. The first-order valence-corrected chi connectivity index (χ1v) is 9.64. The summed E-state index contributed by atoms with van der Waals surface area (Å²) < 4.78 is 0. The molecule has 2 saturated heterocycles. The topological polar surface area (TPSA) is 52.6 Å². The summed E-state index contributed by atoms with van der Waals surface area (Å²) in [6.45, 7) is 5.09. The summed E-state index contributed by atoms with van der Waals surface area (Å²) in [7, 11) is 0. The first kappa shape index (κ1) is 17.5. The molecule has 2 aromatic rings. The van der Waals surface area contributed by atoms with Gasteiger partial charge in [0, 0.05) is 51.5 Å². The predicted octanol–water partition coefficient (Wildman–Crippen LogP) is 2.44. The minimum absolute atomic E-state index is 0.0685. The monoisotopic (exact) mass is 363 g/mol. The molecule has 0 N–H and O–H groups in total. The van der Waals surface area contributed by atoms with Crippen molar-refractivity contribution in [3.05, 3.63) is 54.2 Å². The summed E-state index contributed by atoms with van der Waals surface area (Å²) in [5, 5.41) is 0. The van der Waals surface area contributed by atoms with E-state index in [-0.39, 0.29) is 5.91 Å². The summed E-state index contributed by atoms with van der Waals surface area (Å²) in [5.41, 5.74) is 1.04. The number of hydrogen-bond donors (Lipinski definition) is 0. The van der Waals surface area contributed by atoms with Gasteiger partial charge in [0.25, 0.3) is 0 Å². The zero-order chi connectivity index (χ0) is 18.5. The first-order valence-electron chi connectivity index (χ1n) is 9.64. The van der Waals surface area contributed by atoms with Crippen molar-refractivity contribution in [2.24, 2.45) is 0 Å². The summed E-state index contributed by atoms with van der Waals surface area (Å²) in [6.07, 6.45) is 7.81. The highest BCUT2D eigenvalue weighted by atomic mass is 16.2. The molecule has 0 spiro atoms. The number of amides is 1. The molecule has 6 nitrogen and oxygen atoms in total. The number of aromatic nitrogens is 2. The van der Waals surface area contributed by atoms with Gasteiger partial charge in [-0.1, -0.05) is 30.3 Å². The van der Waals surface area contributed by atoms with E-state index in [9.17, 15) is 4.79 Å². The third-order valence-electron chi connectivity index (χ3n) is 5.15. The zero-order valence-electron chi connectivity index (χ0n) is 15.5. The van der Waals surface area contributed by atoms with E-state index in [1.807, 2.05) is 53.6 Å². The molecule has 1 aromatic heterocycles. The van der Waals surface area contributed by atoms with Gasteiger partial charge < -0.3 is 14.7 Å². The number of piperazine rings is 1. The lowest BCUT2D eigenvalue weighted by atomic mass is 10.2. The number of anilines is 2. The fraction of sp³-hybridized carbons (Fsp3) is 0.381. The molecule has 6 heteroatoms. The number of hydrogen-bond acceptors (Lipinski definition) is 5. The van der Waals surface area contributed by atoms with Crippen molar-refractivity contribution in [3.63, 3.8) is 0 Å². The molecule has 0 radical (unpaired) electrons. The number of carbonyl (C=O) groups is 1. The number of rotatable bonds is 4. The largest absolute Gasteiger partial charge is 0.353 e. The molecule has 0 atom stereocenters. The smallest absolute Gasteiger partial charge is 0.246 e. The second-order valence-electron chi connectivity index (χ2n) is 6.97. The lowest BCUT2D eigenvalue weighted by Crippen LogP contribution is -2.48. The van der Waals surface area contributed by atoms with Gasteiger partial charge in [-0.05, 0) is 30.5 Å². The van der Waals surface area contributed by atoms with Crippen LogP contribution in [0.2, 0.25) is 0 Å². The van der Waals surface area contributed by atoms with Crippen LogP contribution in [0.4, 0.5) is 11.8 Å². The van der Waals surface area contributed by atoms with E-state index in [1.54, 1.807) is 6.08 Å². The highest BCUT2D eigenvalue weighted by Gasteiger charge is 2.22. The second-order valence-corrected chi connectivity index (χ2v) is 6.97. The van der Waals surface area contributed by atoms with Crippen LogP contribution in [-0.4, -0.2) is 60.0 Å². The Morgan fingerprint density at radius 1 is 0.889 bits per heavy atom. The summed E-state index contributed by atoms with van der Waals surface area (Å²) in [5.74, 6) is 1.85. The Labute approximate surface area is 160 Å². The van der Waals surface area contributed by atoms with Crippen molar-refractivity contribution in [2.45, 2.75) is 12.8 Å². The quantitative estimate of drug-likeness (QED) is 0.781. The second kappa shape index (κ2) is 8.20. The van der Waals surface area contributed by atoms with Gasteiger partial charge in [-0.3, -0.25) is 4.79 Å². The van der Waals surface area contributed by atoms with Crippen LogP contribution in [0.1, 0.15) is 18.4 Å². The Morgan fingerprint density at radius 3 is 2.37 bits per heavy atom. The van der Waals surface area contributed by atoms with Gasteiger partial charge in [0.05, 0.1) is 0 Å². The molecule has 0 saturated carbocycles. The number of benzene rings is 1. The van der Waals surface area contributed by atoms with Crippen LogP contribution in [0, 0.1) is 0 Å². The van der Waals surface area contributed by atoms with Gasteiger partial charge in [-0.25, -0.2) is 4.98 Å². The average molecular weight is 363 g/mol. The van der Waals surface area contributed by atoms with Crippen LogP contribution in [0.5, 0.6) is 0 Å². The molecular formula is C21H25N5O. The molecule has 2 aliphatic heterocycles. The van der Waals surface area contributed by atoms with Gasteiger partial charge in [0.2, 0.25) is 11.9 Å². The summed E-state index contributed by atoms with van der Waals surface area (Å²) >= 11 is 0. The molecular weight excluding hydrogens is 338 g/mol. The van der Waals surface area contributed by atoms with Gasteiger partial charge in [-0.2, -0.15) is 4.98 Å². The van der Waals surface area contributed by atoms with Gasteiger partial charge in [0.15, 0.2) is 0 Å². The molecule has 3 heterocycles. The lowest BCUT2D eigenvalue weighted by molar-refractivity contribution is -0.126. The van der Waals surface area contributed by atoms with Crippen molar-refractivity contribution in [1.82, 2.24) is 14.9 Å². The van der Waals surface area contributed by atoms with Gasteiger partial charge >= 0.3 is 0 Å². The van der Waals surface area contributed by atoms with Crippen molar-refractivity contribution < 1.29 is 4.79 Å². The molecule has 140 valence electrons. The van der Waals surface area contributed by atoms with Crippen LogP contribution in [0.25, 0.3) is 6.08 Å². The van der Waals surface area contributed by atoms with Crippen LogP contribution in [0.3, 0.4) is 0 Å². The van der Waals surface area contributed by atoms with Crippen molar-refractivity contribution in [3.8, 4) is 0 Å². The van der Waals surface area contributed by atoms with Crippen LogP contribution in [-0.2, 0) is 4.79 Å². The van der Waals surface area contributed by atoms with Crippen molar-refractivity contribution >= 4 is 23.7 Å². The van der Waals surface area contributed by atoms with E-state index in [0.29, 0.717) is 13.1 Å². The highest BCUT2D eigenvalue weighted by molar-refractivity contribution is 5.91. The van der Waals surface area contributed by atoms with E-state index >= 15 is 0 Å². The highest BCUT2D eigenvalue weighted by Crippen LogP contribution is 2.20. The molecule has 0 unspecified atom stereocenters. The van der Waals surface area contributed by atoms with Crippen LogP contribution >= 0.6 is 0 Å². The molecule has 2 fully saturated rings. The molecule has 1 aromatic carbocycles. The summed E-state index contributed by atoms with van der Waals surface area (Å²) in [6, 6.07) is 11.9. The molecule has 27 heavy (non-hydrogen) atoms. The molecule has 0 aliphatic carbocycles. The van der Waals surface area contributed by atoms with E-state index in [4.69, 9.17) is 4.98 Å². The van der Waals surface area contributed by atoms with Gasteiger partial charge in [-0.15, -0.1) is 0 Å². The number of carbonyl (C=O) groups excluding carboxylic acids is 1. The van der Waals surface area contributed by atoms with Crippen LogP contribution in [0.15, 0.2) is 48.7 Å². The molecule has 2 aliphatic rings. The lowest BCUT2D eigenvalue weighted by Gasteiger charge is -2.35. The number of nitrogens with zero attached hydrogens (tertiary/aromatic N) is 5. The minimum Gasteiger partial charge on any atom is -0.353 e. The first-order chi connectivity index (χ1) is 13.3. The third-order valence-corrected chi connectivity index (χ3v) is 5.15. The summed E-state index contributed by atoms with van der Waals surface area (Å²) in [4.78, 5) is 28.0. The van der Waals surface area contributed by atoms with Crippen molar-refractivity contribution in [1.29, 1.82) is 0 Å². The van der Waals surface area contributed by atoms with Crippen LogP contribution < -0.4 is 9.80 Å². The van der Waals surface area contributed by atoms with E-state index < -0.39 is 0 Å². The van der Waals surface area contributed by atoms with E-state index in [0.717, 1.165) is 43.5 Å². The van der Waals surface area contributed by atoms with E-state index in [2.05, 4.69) is 14.8 Å². The fourth-order valence-corrected chi connectivity index (χ4v) is 3.58. The Morgan fingerprint density at radius 2 is 1.63 bits per heavy atom. The molecule has 4 rings (SSSR count). The Balaban J connectivity index is 1.34. The average Bonchev–Trinajstić information content (AvgIpc) is 3.28. The maximum Gasteiger partial charge on any atom is 0.246 e. The molecule has 1 amide bonds. The zero-order valence-corrected chi connectivity index (χ0v) is 15.5. The maximum atomic E-state index is 12.4. The Bertz CT molecular complexity index is 793. The van der Waals surface area contributed by atoms with Gasteiger partial charge in [0.1, 0.15) is 5.82 Å². The minimum atomic E-state index is 0.0685. The standard InChI is InChI=1S/C21H25N5O/c27-20(9-8-18-6-2-1-3-7-18)25-16-14-24(15-17-25)19-10-11-22-21(23-19)26-12-4-5-13-26/h1-3,6-11H,4-5,12-17H2/b9-8+. The fourth-order valence-electron chi connectivity index (χ4n) is 3.58. The SMILES string of the molecule is O=C(/C=C/c1ccccc1)N1CCN(c2ccnc(N3CCCC3)n2)CC1. The van der Waals surface area contributed by atoms with E-state index in [1.165, 1.54) is 12.8 Å². The maximum absolute atomic E-state index is 12.4.